The average Bonchev–Trinajstić information content (AvgIpc) is 3.50. The molecular formula is C25H26N4O4+2. The molecule has 4 aromatic rings. The van der Waals surface area contributed by atoms with Crippen LogP contribution in [-0.4, -0.2) is 34.3 Å². The molecule has 0 saturated heterocycles. The van der Waals surface area contributed by atoms with Gasteiger partial charge in [0.25, 0.3) is 12.7 Å². The largest absolute Gasteiger partial charge is 0.462 e. The van der Waals surface area contributed by atoms with E-state index in [1.165, 1.54) is 0 Å². The van der Waals surface area contributed by atoms with Crippen LogP contribution in [0.15, 0.2) is 86.0 Å². The van der Waals surface area contributed by atoms with Crippen molar-refractivity contribution in [1.82, 2.24) is 9.13 Å². The smallest absolute Gasteiger partial charge is 0.338 e. The molecule has 0 spiro atoms. The lowest BCUT2D eigenvalue weighted by Crippen LogP contribution is -2.49. The molecule has 0 amide bonds. The summed E-state index contributed by atoms with van der Waals surface area (Å²) in [6, 6.07) is 14.6. The summed E-state index contributed by atoms with van der Waals surface area (Å²) in [5, 5.41) is 0. The second-order valence-electron chi connectivity index (χ2n) is 7.35. The summed E-state index contributed by atoms with van der Waals surface area (Å²) in [6.07, 6.45) is 11.9. The first kappa shape index (κ1) is 22.0. The number of benzene rings is 2. The predicted octanol–water partition coefficient (Wildman–Crippen LogP) is 2.70. The van der Waals surface area contributed by atoms with Crippen LogP contribution >= 0.6 is 0 Å². The molecule has 4 rings (SSSR count). The fourth-order valence-corrected chi connectivity index (χ4v) is 3.42. The Morgan fingerprint density at radius 1 is 0.697 bits per heavy atom. The maximum absolute atomic E-state index is 11.8. The zero-order valence-corrected chi connectivity index (χ0v) is 18.6. The van der Waals surface area contributed by atoms with Crippen LogP contribution in [0.4, 0.5) is 0 Å². The number of aromatic nitrogens is 4. The van der Waals surface area contributed by atoms with Crippen molar-refractivity contribution in [2.24, 2.45) is 0 Å². The van der Waals surface area contributed by atoms with Gasteiger partial charge in [0.1, 0.15) is 36.2 Å². The molecule has 8 heteroatoms. The minimum atomic E-state index is -0.317. The summed E-state index contributed by atoms with van der Waals surface area (Å²) < 4.78 is 18.1. The molecule has 0 aliphatic heterocycles. The van der Waals surface area contributed by atoms with Crippen molar-refractivity contribution in [2.45, 2.75) is 20.5 Å². The summed E-state index contributed by atoms with van der Waals surface area (Å²) in [6.45, 7) is 4.92. The van der Waals surface area contributed by atoms with Gasteiger partial charge < -0.3 is 9.47 Å². The van der Waals surface area contributed by atoms with Gasteiger partial charge in [0.2, 0.25) is 6.67 Å². The Hall–Kier alpha value is -4.20. The third-order valence-electron chi connectivity index (χ3n) is 5.06. The van der Waals surface area contributed by atoms with E-state index in [1.807, 2.05) is 80.0 Å². The van der Waals surface area contributed by atoms with Crippen LogP contribution in [0.2, 0.25) is 0 Å². The lowest BCUT2D eigenvalue weighted by molar-refractivity contribution is -0.912. The van der Waals surface area contributed by atoms with Gasteiger partial charge in [-0.1, -0.05) is 0 Å². The minimum absolute atomic E-state index is 0.317. The third kappa shape index (κ3) is 5.17. The maximum atomic E-state index is 11.8. The Morgan fingerprint density at radius 2 is 1.09 bits per heavy atom. The van der Waals surface area contributed by atoms with E-state index in [1.54, 1.807) is 38.1 Å². The summed E-state index contributed by atoms with van der Waals surface area (Å²) in [5.74, 6) is -0.633. The number of nitrogens with zero attached hydrogens (tertiary/aromatic N) is 4. The van der Waals surface area contributed by atoms with Crippen LogP contribution in [0.25, 0.3) is 11.4 Å². The van der Waals surface area contributed by atoms with Gasteiger partial charge in [0.05, 0.1) is 24.3 Å². The normalized spacial score (nSPS) is 10.7. The number of hydrogen-bond donors (Lipinski definition) is 0. The summed E-state index contributed by atoms with van der Waals surface area (Å²) in [7, 11) is 0. The number of carbonyl (C=O) groups is 2. The van der Waals surface area contributed by atoms with Crippen LogP contribution in [0.3, 0.4) is 0 Å². The Bertz CT molecular complexity index is 1140. The number of imidazole rings is 2. The molecule has 0 atom stereocenters. The first-order valence-corrected chi connectivity index (χ1v) is 10.8. The highest BCUT2D eigenvalue weighted by molar-refractivity contribution is 5.90. The summed E-state index contributed by atoms with van der Waals surface area (Å²) >= 11 is 0. The Balaban J connectivity index is 1.42. The monoisotopic (exact) mass is 446 g/mol. The fourth-order valence-electron chi connectivity index (χ4n) is 3.42. The molecule has 0 fully saturated rings. The third-order valence-corrected chi connectivity index (χ3v) is 5.06. The number of ether oxygens (including phenoxy) is 2. The topological polar surface area (TPSA) is 70.2 Å². The van der Waals surface area contributed by atoms with E-state index in [9.17, 15) is 9.59 Å². The van der Waals surface area contributed by atoms with Gasteiger partial charge in [0, 0.05) is 0 Å². The molecule has 0 saturated carbocycles. The van der Waals surface area contributed by atoms with Crippen molar-refractivity contribution in [1.29, 1.82) is 0 Å². The molecule has 0 aliphatic carbocycles. The number of hydrogen-bond acceptors (Lipinski definition) is 4. The lowest BCUT2D eigenvalue weighted by atomic mass is 10.2. The van der Waals surface area contributed by atoms with Crippen molar-refractivity contribution >= 4 is 11.9 Å². The zero-order chi connectivity index (χ0) is 23.2. The van der Waals surface area contributed by atoms with Gasteiger partial charge in [-0.15, -0.1) is 0 Å². The summed E-state index contributed by atoms with van der Waals surface area (Å²) in [5.41, 5.74) is 2.97. The SMILES string of the molecule is CCOC(=O)c1ccc(-n2cc[n+](C[n+]3ccn(-c4ccc(C(=O)OCC)cc4)c3)c2)cc1. The van der Waals surface area contributed by atoms with Crippen molar-refractivity contribution in [2.75, 3.05) is 13.2 Å². The highest BCUT2D eigenvalue weighted by Crippen LogP contribution is 2.11. The van der Waals surface area contributed by atoms with E-state index in [-0.39, 0.29) is 11.9 Å². The molecule has 0 N–H and O–H groups in total. The van der Waals surface area contributed by atoms with Gasteiger partial charge in [-0.25, -0.2) is 18.7 Å². The standard InChI is InChI=1S/C25H26N4O4/c1-3-32-24(30)20-5-9-22(10-6-20)28-15-13-26(18-28)17-27-14-16-29(19-27)23-11-7-21(8-12-23)25(31)33-4-2/h5-16,18-19H,3-4,17H2,1-2H3/q+2. The molecule has 8 nitrogen and oxygen atoms in total. The molecule has 2 heterocycles. The maximum Gasteiger partial charge on any atom is 0.338 e. The molecule has 0 aliphatic rings. The molecule has 2 aromatic carbocycles. The van der Waals surface area contributed by atoms with Crippen molar-refractivity contribution in [3.05, 3.63) is 97.1 Å². The van der Waals surface area contributed by atoms with E-state index in [0.29, 0.717) is 31.0 Å². The Morgan fingerprint density at radius 3 is 1.45 bits per heavy atom. The van der Waals surface area contributed by atoms with Crippen LogP contribution in [0.5, 0.6) is 0 Å². The predicted molar refractivity (Wildman–Crippen MR) is 119 cm³/mol. The van der Waals surface area contributed by atoms with Crippen molar-refractivity contribution < 1.29 is 28.2 Å². The molecule has 33 heavy (non-hydrogen) atoms. The van der Waals surface area contributed by atoms with Gasteiger partial charge in [-0.05, 0) is 62.4 Å². The quantitative estimate of drug-likeness (QED) is 0.308. The second kappa shape index (κ2) is 9.95. The molecule has 2 aromatic heterocycles. The van der Waals surface area contributed by atoms with E-state index in [2.05, 4.69) is 0 Å². The molecule has 0 unspecified atom stereocenters. The number of carbonyl (C=O) groups excluding carboxylic acids is 2. The van der Waals surface area contributed by atoms with Gasteiger partial charge >= 0.3 is 11.9 Å². The van der Waals surface area contributed by atoms with Crippen LogP contribution in [-0.2, 0) is 16.1 Å². The minimum Gasteiger partial charge on any atom is -0.462 e. The highest BCUT2D eigenvalue weighted by Gasteiger charge is 2.13. The first-order valence-electron chi connectivity index (χ1n) is 10.8. The molecule has 168 valence electrons. The van der Waals surface area contributed by atoms with E-state index < -0.39 is 0 Å². The Labute approximate surface area is 191 Å². The van der Waals surface area contributed by atoms with Crippen molar-refractivity contribution in [3.63, 3.8) is 0 Å². The molecular weight excluding hydrogens is 420 g/mol. The average molecular weight is 447 g/mol. The van der Waals surface area contributed by atoms with E-state index in [4.69, 9.17) is 9.47 Å². The van der Waals surface area contributed by atoms with Crippen LogP contribution < -0.4 is 9.13 Å². The van der Waals surface area contributed by atoms with Crippen LogP contribution in [0, 0.1) is 0 Å². The second-order valence-corrected chi connectivity index (χ2v) is 7.35. The van der Waals surface area contributed by atoms with Crippen molar-refractivity contribution in [3.8, 4) is 11.4 Å². The molecule has 0 radical (unpaired) electrons. The fraction of sp³-hybridized carbons (Fsp3) is 0.200. The van der Waals surface area contributed by atoms with Gasteiger partial charge in [-0.3, -0.25) is 0 Å². The van der Waals surface area contributed by atoms with Gasteiger partial charge in [0.15, 0.2) is 0 Å². The van der Waals surface area contributed by atoms with Gasteiger partial charge in [-0.2, -0.15) is 9.13 Å². The Kier molecular flexibility index (Phi) is 6.64. The van der Waals surface area contributed by atoms with E-state index >= 15 is 0 Å². The summed E-state index contributed by atoms with van der Waals surface area (Å²) in [4.78, 5) is 23.6. The first-order chi connectivity index (χ1) is 16.1. The molecule has 0 bridgehead atoms. The van der Waals surface area contributed by atoms with E-state index in [0.717, 1.165) is 11.4 Å². The van der Waals surface area contributed by atoms with Crippen LogP contribution in [0.1, 0.15) is 34.6 Å². The zero-order valence-electron chi connectivity index (χ0n) is 18.6. The highest BCUT2D eigenvalue weighted by atomic mass is 16.5. The number of rotatable bonds is 8. The number of esters is 2. The lowest BCUT2D eigenvalue weighted by Gasteiger charge is -2.02.